The molecular formula is C21H18ClN5O3. The van der Waals surface area contributed by atoms with E-state index >= 15 is 0 Å². The topological polar surface area (TPSA) is 90.6 Å². The minimum Gasteiger partial charge on any atom is -0.496 e. The third kappa shape index (κ3) is 4.18. The Labute approximate surface area is 177 Å². The number of aromatic nitrogens is 4. The highest BCUT2D eigenvalue weighted by Gasteiger charge is 2.13. The highest BCUT2D eigenvalue weighted by molar-refractivity contribution is 6.31. The van der Waals surface area contributed by atoms with Gasteiger partial charge >= 0.3 is 0 Å². The second-order valence-corrected chi connectivity index (χ2v) is 6.72. The summed E-state index contributed by atoms with van der Waals surface area (Å²) in [6.45, 7) is 0.512. The number of nitrogens with zero attached hydrogens (tertiary/aromatic N) is 4. The number of carbonyl (C=O) groups excluding carboxylic acids is 1. The molecule has 0 unspecified atom stereocenters. The summed E-state index contributed by atoms with van der Waals surface area (Å²) in [6.07, 6.45) is 0. The Bertz CT molecular complexity index is 1180. The minimum absolute atomic E-state index is 0.232. The summed E-state index contributed by atoms with van der Waals surface area (Å²) in [6, 6.07) is 18.0. The van der Waals surface area contributed by atoms with Crippen molar-refractivity contribution >= 4 is 23.2 Å². The molecule has 1 amide bonds. The summed E-state index contributed by atoms with van der Waals surface area (Å²) in [4.78, 5) is 12.4. The summed E-state index contributed by atoms with van der Waals surface area (Å²) in [5, 5.41) is 16.0. The Kier molecular flexibility index (Phi) is 5.76. The second kappa shape index (κ2) is 8.79. The predicted molar refractivity (Wildman–Crippen MR) is 112 cm³/mol. The van der Waals surface area contributed by atoms with Crippen LogP contribution in [-0.2, 0) is 0 Å². The Balaban J connectivity index is 1.40. The molecule has 4 aromatic rings. The monoisotopic (exact) mass is 423 g/mol. The number of rotatable bonds is 7. The average molecular weight is 424 g/mol. The molecule has 152 valence electrons. The van der Waals surface area contributed by atoms with Crippen molar-refractivity contribution in [2.75, 3.05) is 20.3 Å². The van der Waals surface area contributed by atoms with Crippen molar-refractivity contribution in [2.24, 2.45) is 0 Å². The van der Waals surface area contributed by atoms with Gasteiger partial charge in [0.2, 0.25) is 5.88 Å². The van der Waals surface area contributed by atoms with Crippen molar-refractivity contribution in [2.45, 2.75) is 0 Å². The van der Waals surface area contributed by atoms with Gasteiger partial charge in [-0.25, -0.2) is 0 Å². The number of methoxy groups -OCH3 is 1. The number of halogens is 1. The lowest BCUT2D eigenvalue weighted by molar-refractivity contribution is 0.0943. The van der Waals surface area contributed by atoms with Gasteiger partial charge in [-0.05, 0) is 24.3 Å². The molecule has 0 bridgehead atoms. The summed E-state index contributed by atoms with van der Waals surface area (Å²) < 4.78 is 12.5. The SMILES string of the molecule is COc1ccc(Cl)cc1C(=O)NCCOc1ccc2nnc(-c3ccccc3)n2n1. The molecule has 0 aliphatic heterocycles. The van der Waals surface area contributed by atoms with Crippen LogP contribution in [-0.4, -0.2) is 46.0 Å². The number of fused-ring (bicyclic) bond motifs is 1. The summed E-state index contributed by atoms with van der Waals surface area (Å²) in [5.74, 6) is 1.17. The normalized spacial score (nSPS) is 10.7. The maximum Gasteiger partial charge on any atom is 0.255 e. The zero-order valence-corrected chi connectivity index (χ0v) is 16.8. The molecule has 2 heterocycles. The zero-order valence-electron chi connectivity index (χ0n) is 16.1. The van der Waals surface area contributed by atoms with Crippen LogP contribution in [0, 0.1) is 0 Å². The highest BCUT2D eigenvalue weighted by Crippen LogP contribution is 2.22. The van der Waals surface area contributed by atoms with E-state index in [1.165, 1.54) is 7.11 Å². The van der Waals surface area contributed by atoms with E-state index in [0.717, 1.165) is 5.56 Å². The third-order valence-electron chi connectivity index (χ3n) is 4.31. The zero-order chi connectivity index (χ0) is 20.9. The molecule has 0 fully saturated rings. The summed E-state index contributed by atoms with van der Waals surface area (Å²) >= 11 is 5.97. The van der Waals surface area contributed by atoms with Gasteiger partial charge in [0.05, 0.1) is 19.2 Å². The average Bonchev–Trinajstić information content (AvgIpc) is 3.20. The first kappa shape index (κ1) is 19.7. The molecule has 0 atom stereocenters. The summed E-state index contributed by atoms with van der Waals surface area (Å²) in [5.41, 5.74) is 1.88. The van der Waals surface area contributed by atoms with Crippen molar-refractivity contribution in [3.63, 3.8) is 0 Å². The Morgan fingerprint density at radius 1 is 1.10 bits per heavy atom. The quantitative estimate of drug-likeness (QED) is 0.459. The van der Waals surface area contributed by atoms with Crippen LogP contribution in [0.25, 0.3) is 17.0 Å². The Morgan fingerprint density at radius 2 is 1.93 bits per heavy atom. The van der Waals surface area contributed by atoms with Gasteiger partial charge in [0.25, 0.3) is 5.91 Å². The molecular weight excluding hydrogens is 406 g/mol. The van der Waals surface area contributed by atoms with Crippen molar-refractivity contribution in [1.29, 1.82) is 0 Å². The van der Waals surface area contributed by atoms with E-state index in [-0.39, 0.29) is 19.1 Å². The lowest BCUT2D eigenvalue weighted by Crippen LogP contribution is -2.28. The molecule has 0 saturated heterocycles. The number of carbonyl (C=O) groups is 1. The smallest absolute Gasteiger partial charge is 0.255 e. The fraction of sp³-hybridized carbons (Fsp3) is 0.143. The molecule has 2 aromatic carbocycles. The molecule has 0 spiro atoms. The molecule has 1 N–H and O–H groups in total. The second-order valence-electron chi connectivity index (χ2n) is 6.28. The van der Waals surface area contributed by atoms with Crippen LogP contribution in [0.5, 0.6) is 11.6 Å². The molecule has 9 heteroatoms. The number of hydrogen-bond acceptors (Lipinski definition) is 6. The van der Waals surface area contributed by atoms with Gasteiger partial charge in [-0.15, -0.1) is 15.3 Å². The molecule has 4 rings (SSSR count). The number of hydrogen-bond donors (Lipinski definition) is 1. The van der Waals surface area contributed by atoms with E-state index < -0.39 is 0 Å². The first-order chi connectivity index (χ1) is 14.7. The first-order valence-corrected chi connectivity index (χ1v) is 9.56. The maximum absolute atomic E-state index is 12.4. The van der Waals surface area contributed by atoms with Gasteiger partial charge in [0.1, 0.15) is 12.4 Å². The van der Waals surface area contributed by atoms with Gasteiger partial charge in [-0.1, -0.05) is 41.9 Å². The van der Waals surface area contributed by atoms with Gasteiger partial charge in [-0.2, -0.15) is 4.52 Å². The fourth-order valence-electron chi connectivity index (χ4n) is 2.89. The van der Waals surface area contributed by atoms with E-state index in [1.54, 1.807) is 34.8 Å². The Hall–Kier alpha value is -3.65. The van der Waals surface area contributed by atoms with E-state index in [4.69, 9.17) is 21.1 Å². The highest BCUT2D eigenvalue weighted by atomic mass is 35.5. The molecule has 8 nitrogen and oxygen atoms in total. The third-order valence-corrected chi connectivity index (χ3v) is 4.55. The Morgan fingerprint density at radius 3 is 2.73 bits per heavy atom. The van der Waals surface area contributed by atoms with Gasteiger partial charge in [0.15, 0.2) is 11.5 Å². The fourth-order valence-corrected chi connectivity index (χ4v) is 3.06. The van der Waals surface area contributed by atoms with Crippen LogP contribution >= 0.6 is 11.6 Å². The predicted octanol–water partition coefficient (Wildman–Crippen LogP) is 3.26. The molecule has 2 aromatic heterocycles. The van der Waals surface area contributed by atoms with Gasteiger partial charge in [0, 0.05) is 16.7 Å². The lowest BCUT2D eigenvalue weighted by Gasteiger charge is -2.10. The molecule has 30 heavy (non-hydrogen) atoms. The number of ether oxygens (including phenoxy) is 2. The van der Waals surface area contributed by atoms with Crippen LogP contribution in [0.1, 0.15) is 10.4 Å². The summed E-state index contributed by atoms with van der Waals surface area (Å²) in [7, 11) is 1.50. The molecule has 0 saturated carbocycles. The standard InChI is InChI=1S/C21H18ClN5O3/c1-29-17-8-7-15(22)13-16(17)21(28)23-11-12-30-19-10-9-18-24-25-20(27(18)26-19)14-5-3-2-4-6-14/h2-10,13H,11-12H2,1H3,(H,23,28). The molecule has 0 radical (unpaired) electrons. The van der Waals surface area contributed by atoms with Crippen molar-refractivity contribution in [3.05, 3.63) is 71.2 Å². The first-order valence-electron chi connectivity index (χ1n) is 9.18. The van der Waals surface area contributed by atoms with Crippen LogP contribution in [0.3, 0.4) is 0 Å². The van der Waals surface area contributed by atoms with Crippen LogP contribution in [0.4, 0.5) is 0 Å². The number of nitrogens with one attached hydrogen (secondary N) is 1. The van der Waals surface area contributed by atoms with E-state index in [9.17, 15) is 4.79 Å². The number of amides is 1. The van der Waals surface area contributed by atoms with Crippen molar-refractivity contribution in [1.82, 2.24) is 25.1 Å². The van der Waals surface area contributed by atoms with E-state index in [2.05, 4.69) is 20.6 Å². The van der Waals surface area contributed by atoms with Crippen LogP contribution < -0.4 is 14.8 Å². The van der Waals surface area contributed by atoms with Crippen LogP contribution in [0.2, 0.25) is 5.02 Å². The van der Waals surface area contributed by atoms with Gasteiger partial charge in [-0.3, -0.25) is 4.79 Å². The van der Waals surface area contributed by atoms with Gasteiger partial charge < -0.3 is 14.8 Å². The van der Waals surface area contributed by atoms with Crippen molar-refractivity contribution < 1.29 is 14.3 Å². The van der Waals surface area contributed by atoms with E-state index in [1.807, 2.05) is 30.3 Å². The maximum atomic E-state index is 12.4. The largest absolute Gasteiger partial charge is 0.496 e. The number of benzene rings is 2. The minimum atomic E-state index is -0.300. The molecule has 0 aliphatic carbocycles. The van der Waals surface area contributed by atoms with Crippen molar-refractivity contribution in [3.8, 4) is 23.0 Å². The molecule has 0 aliphatic rings. The van der Waals surface area contributed by atoms with E-state index in [0.29, 0.717) is 33.7 Å². The van der Waals surface area contributed by atoms with Crippen LogP contribution in [0.15, 0.2) is 60.7 Å². The lowest BCUT2D eigenvalue weighted by atomic mass is 10.2.